The largest absolute Gasteiger partial charge is 0.378 e. The molecule has 1 aromatic rings. The highest BCUT2D eigenvalue weighted by Gasteiger charge is 2.15. The topological polar surface area (TPSA) is 48.7 Å². The summed E-state index contributed by atoms with van der Waals surface area (Å²) >= 11 is 0. The van der Waals surface area contributed by atoms with E-state index in [1.54, 1.807) is 18.5 Å². The SMILES string of the molecule is CCC(C)(C)Nc1cnccc1C#N. The van der Waals surface area contributed by atoms with E-state index >= 15 is 0 Å². The van der Waals surface area contributed by atoms with Gasteiger partial charge in [0.2, 0.25) is 0 Å². The van der Waals surface area contributed by atoms with Gasteiger partial charge in [0.05, 0.1) is 17.4 Å². The van der Waals surface area contributed by atoms with Gasteiger partial charge >= 0.3 is 0 Å². The van der Waals surface area contributed by atoms with Crippen LogP contribution in [0, 0.1) is 11.3 Å². The molecule has 0 aliphatic carbocycles. The number of aromatic nitrogens is 1. The fourth-order valence-corrected chi connectivity index (χ4v) is 1.04. The molecule has 1 heterocycles. The van der Waals surface area contributed by atoms with Crippen LogP contribution in [0.25, 0.3) is 0 Å². The standard InChI is InChI=1S/C11H15N3/c1-4-11(2,3)14-10-8-13-6-5-9(10)7-12/h5-6,8,14H,4H2,1-3H3. The summed E-state index contributed by atoms with van der Waals surface area (Å²) in [5.41, 5.74) is 1.44. The van der Waals surface area contributed by atoms with Crippen molar-refractivity contribution in [3.05, 3.63) is 24.0 Å². The maximum absolute atomic E-state index is 8.87. The summed E-state index contributed by atoms with van der Waals surface area (Å²) in [5.74, 6) is 0. The Morgan fingerprint density at radius 1 is 1.57 bits per heavy atom. The van der Waals surface area contributed by atoms with Gasteiger partial charge in [-0.2, -0.15) is 5.26 Å². The average molecular weight is 189 g/mol. The Bertz CT molecular complexity index is 350. The lowest BCUT2D eigenvalue weighted by atomic mass is 10.0. The number of rotatable bonds is 3. The van der Waals surface area contributed by atoms with Crippen LogP contribution in [0.2, 0.25) is 0 Å². The first-order valence-corrected chi connectivity index (χ1v) is 4.71. The first-order valence-electron chi connectivity index (χ1n) is 4.71. The van der Waals surface area contributed by atoms with E-state index in [2.05, 4.69) is 37.1 Å². The van der Waals surface area contributed by atoms with Crippen molar-refractivity contribution in [1.82, 2.24) is 4.98 Å². The maximum Gasteiger partial charge on any atom is 0.101 e. The number of hydrogen-bond donors (Lipinski definition) is 1. The van der Waals surface area contributed by atoms with Gasteiger partial charge in [0.25, 0.3) is 0 Å². The molecule has 0 saturated heterocycles. The minimum atomic E-state index is -0.00532. The van der Waals surface area contributed by atoms with E-state index in [0.29, 0.717) is 5.56 Å². The highest BCUT2D eigenvalue weighted by Crippen LogP contribution is 2.19. The van der Waals surface area contributed by atoms with Gasteiger partial charge in [0.1, 0.15) is 6.07 Å². The van der Waals surface area contributed by atoms with Crippen molar-refractivity contribution in [1.29, 1.82) is 5.26 Å². The van der Waals surface area contributed by atoms with Crippen LogP contribution < -0.4 is 5.32 Å². The molecule has 0 unspecified atom stereocenters. The molecule has 0 amide bonds. The molecule has 0 saturated carbocycles. The Morgan fingerprint density at radius 3 is 2.86 bits per heavy atom. The molecule has 1 N–H and O–H groups in total. The second kappa shape index (κ2) is 4.10. The molecule has 3 nitrogen and oxygen atoms in total. The monoisotopic (exact) mass is 189 g/mol. The molecular weight excluding hydrogens is 174 g/mol. The minimum Gasteiger partial charge on any atom is -0.378 e. The van der Waals surface area contributed by atoms with Crippen molar-refractivity contribution in [2.24, 2.45) is 0 Å². The normalized spacial score (nSPS) is 10.7. The first kappa shape index (κ1) is 10.5. The molecule has 0 aliphatic rings. The lowest BCUT2D eigenvalue weighted by Crippen LogP contribution is -2.30. The zero-order valence-electron chi connectivity index (χ0n) is 8.83. The van der Waals surface area contributed by atoms with E-state index in [0.717, 1.165) is 12.1 Å². The van der Waals surface area contributed by atoms with Gasteiger partial charge in [0.15, 0.2) is 0 Å². The Morgan fingerprint density at radius 2 is 2.29 bits per heavy atom. The number of nitrogens with zero attached hydrogens (tertiary/aromatic N) is 2. The number of pyridine rings is 1. The van der Waals surface area contributed by atoms with Crippen LogP contribution in [-0.2, 0) is 0 Å². The maximum atomic E-state index is 8.87. The molecule has 0 fully saturated rings. The summed E-state index contributed by atoms with van der Waals surface area (Å²) in [7, 11) is 0. The summed E-state index contributed by atoms with van der Waals surface area (Å²) < 4.78 is 0. The third-order valence-electron chi connectivity index (χ3n) is 2.30. The van der Waals surface area contributed by atoms with Gasteiger partial charge in [-0.15, -0.1) is 0 Å². The Labute approximate surface area is 84.8 Å². The molecule has 0 aliphatic heterocycles. The average Bonchev–Trinajstić information content (AvgIpc) is 2.18. The molecule has 3 heteroatoms. The van der Waals surface area contributed by atoms with E-state index in [-0.39, 0.29) is 5.54 Å². The van der Waals surface area contributed by atoms with E-state index < -0.39 is 0 Å². The highest BCUT2D eigenvalue weighted by atomic mass is 15.0. The second-order valence-corrected chi connectivity index (χ2v) is 3.90. The van der Waals surface area contributed by atoms with Crippen LogP contribution in [0.4, 0.5) is 5.69 Å². The molecule has 74 valence electrons. The highest BCUT2D eigenvalue weighted by molar-refractivity contribution is 5.56. The van der Waals surface area contributed by atoms with Crippen LogP contribution in [0.1, 0.15) is 32.8 Å². The van der Waals surface area contributed by atoms with E-state index in [1.165, 1.54) is 0 Å². The molecular formula is C11H15N3. The Kier molecular flexibility index (Phi) is 3.08. The third-order valence-corrected chi connectivity index (χ3v) is 2.30. The molecule has 1 rings (SSSR count). The number of hydrogen-bond acceptors (Lipinski definition) is 3. The predicted molar refractivity (Wildman–Crippen MR) is 56.9 cm³/mol. The quantitative estimate of drug-likeness (QED) is 0.794. The third kappa shape index (κ3) is 2.46. The van der Waals surface area contributed by atoms with Crippen molar-refractivity contribution in [3.63, 3.8) is 0 Å². The van der Waals surface area contributed by atoms with Crippen molar-refractivity contribution < 1.29 is 0 Å². The molecule has 0 aromatic carbocycles. The fourth-order valence-electron chi connectivity index (χ4n) is 1.04. The van der Waals surface area contributed by atoms with Crippen LogP contribution in [0.15, 0.2) is 18.5 Å². The molecule has 0 atom stereocenters. The van der Waals surface area contributed by atoms with Gasteiger partial charge in [-0.1, -0.05) is 6.92 Å². The summed E-state index contributed by atoms with van der Waals surface area (Å²) in [6, 6.07) is 3.86. The molecule has 0 bridgehead atoms. The first-order chi connectivity index (χ1) is 6.59. The summed E-state index contributed by atoms with van der Waals surface area (Å²) in [6.07, 6.45) is 4.31. The lowest BCUT2D eigenvalue weighted by Gasteiger charge is -2.26. The smallest absolute Gasteiger partial charge is 0.101 e. The summed E-state index contributed by atoms with van der Waals surface area (Å²) in [4.78, 5) is 4.00. The van der Waals surface area contributed by atoms with E-state index in [9.17, 15) is 0 Å². The van der Waals surface area contributed by atoms with Crippen LogP contribution in [0.3, 0.4) is 0 Å². The molecule has 14 heavy (non-hydrogen) atoms. The number of nitriles is 1. The zero-order valence-corrected chi connectivity index (χ0v) is 8.83. The van der Waals surface area contributed by atoms with E-state index in [1.807, 2.05) is 0 Å². The van der Waals surface area contributed by atoms with Gasteiger partial charge in [0, 0.05) is 11.7 Å². The van der Waals surface area contributed by atoms with E-state index in [4.69, 9.17) is 5.26 Å². The predicted octanol–water partition coefficient (Wildman–Crippen LogP) is 2.55. The fraction of sp³-hybridized carbons (Fsp3) is 0.455. The Balaban J connectivity index is 2.92. The van der Waals surface area contributed by atoms with Crippen molar-refractivity contribution >= 4 is 5.69 Å². The van der Waals surface area contributed by atoms with Crippen molar-refractivity contribution in [2.75, 3.05) is 5.32 Å². The van der Waals surface area contributed by atoms with Gasteiger partial charge in [-0.3, -0.25) is 4.98 Å². The summed E-state index contributed by atoms with van der Waals surface area (Å²) in [6.45, 7) is 6.30. The Hall–Kier alpha value is -1.56. The molecule has 1 aromatic heterocycles. The molecule has 0 spiro atoms. The van der Waals surface area contributed by atoms with Gasteiger partial charge in [-0.05, 0) is 26.3 Å². The van der Waals surface area contributed by atoms with Crippen molar-refractivity contribution in [3.8, 4) is 6.07 Å². The van der Waals surface area contributed by atoms with Gasteiger partial charge in [-0.25, -0.2) is 0 Å². The van der Waals surface area contributed by atoms with Gasteiger partial charge < -0.3 is 5.32 Å². The van der Waals surface area contributed by atoms with Crippen molar-refractivity contribution in [2.45, 2.75) is 32.7 Å². The lowest BCUT2D eigenvalue weighted by molar-refractivity contribution is 0.547. The van der Waals surface area contributed by atoms with Crippen LogP contribution >= 0.6 is 0 Å². The summed E-state index contributed by atoms with van der Waals surface area (Å²) in [5, 5.41) is 12.2. The second-order valence-electron chi connectivity index (χ2n) is 3.90. The van der Waals surface area contributed by atoms with Crippen LogP contribution in [0.5, 0.6) is 0 Å². The zero-order chi connectivity index (χ0) is 10.6. The number of anilines is 1. The minimum absolute atomic E-state index is 0.00532. The molecule has 0 radical (unpaired) electrons. The number of nitrogens with one attached hydrogen (secondary N) is 1. The van der Waals surface area contributed by atoms with Crippen LogP contribution in [-0.4, -0.2) is 10.5 Å².